The number of carbonyl (C=O) groups excluding carboxylic acids is 1. The van der Waals surface area contributed by atoms with Crippen molar-refractivity contribution in [3.8, 4) is 6.07 Å². The van der Waals surface area contributed by atoms with Gasteiger partial charge in [-0.25, -0.2) is 0 Å². The third kappa shape index (κ3) is 3.37. The summed E-state index contributed by atoms with van der Waals surface area (Å²) >= 11 is 0. The molecule has 0 spiro atoms. The maximum atomic E-state index is 11.6. The first-order chi connectivity index (χ1) is 7.29. The van der Waals surface area contributed by atoms with Crippen LogP contribution in [0.15, 0.2) is 12.7 Å². The van der Waals surface area contributed by atoms with Crippen molar-refractivity contribution in [3.63, 3.8) is 0 Å². The summed E-state index contributed by atoms with van der Waals surface area (Å²) in [6.07, 6.45) is 3.86. The Morgan fingerprint density at radius 3 is 3.20 bits per heavy atom. The van der Waals surface area contributed by atoms with Crippen LogP contribution in [0.1, 0.15) is 19.3 Å². The van der Waals surface area contributed by atoms with Gasteiger partial charge in [0.1, 0.15) is 12.6 Å². The zero-order valence-corrected chi connectivity index (χ0v) is 8.82. The molecule has 0 aromatic carbocycles. The van der Waals surface area contributed by atoms with E-state index in [1.807, 2.05) is 4.90 Å². The first-order valence-corrected chi connectivity index (χ1v) is 5.18. The molecule has 4 heteroatoms. The van der Waals surface area contributed by atoms with Crippen molar-refractivity contribution < 1.29 is 9.53 Å². The first kappa shape index (κ1) is 11.7. The molecule has 1 aliphatic heterocycles. The smallest absolute Gasteiger partial charge is 0.323 e. The summed E-state index contributed by atoms with van der Waals surface area (Å²) < 4.78 is 5.00. The third-order valence-corrected chi connectivity index (χ3v) is 2.49. The Bertz CT molecular complexity index is 270. The molecular formula is C11H16N2O2. The van der Waals surface area contributed by atoms with E-state index < -0.39 is 0 Å². The van der Waals surface area contributed by atoms with Crippen LogP contribution in [0, 0.1) is 11.3 Å². The molecule has 82 valence electrons. The minimum absolute atomic E-state index is 0.154. The second-order valence-corrected chi connectivity index (χ2v) is 3.52. The SMILES string of the molecule is C=CCOC(=O)[C@@H]1CCCN1CCC#N. The Balaban J connectivity index is 2.41. The van der Waals surface area contributed by atoms with Gasteiger partial charge in [0.25, 0.3) is 0 Å². The summed E-state index contributed by atoms with van der Waals surface area (Å²) in [7, 11) is 0. The number of likely N-dealkylation sites (tertiary alicyclic amines) is 1. The molecule has 1 atom stereocenters. The summed E-state index contributed by atoms with van der Waals surface area (Å²) in [5, 5.41) is 8.49. The monoisotopic (exact) mass is 208 g/mol. The molecule has 0 saturated carbocycles. The molecule has 15 heavy (non-hydrogen) atoms. The van der Waals surface area contributed by atoms with Crippen molar-refractivity contribution >= 4 is 5.97 Å². The highest BCUT2D eigenvalue weighted by Gasteiger charge is 2.31. The predicted molar refractivity (Wildman–Crippen MR) is 56.0 cm³/mol. The van der Waals surface area contributed by atoms with Gasteiger partial charge in [-0.15, -0.1) is 0 Å². The van der Waals surface area contributed by atoms with Crippen LogP contribution in [0.25, 0.3) is 0 Å². The van der Waals surface area contributed by atoms with Gasteiger partial charge in [0.05, 0.1) is 6.07 Å². The lowest BCUT2D eigenvalue weighted by molar-refractivity contribution is -0.147. The summed E-state index contributed by atoms with van der Waals surface area (Å²) in [5.41, 5.74) is 0. The highest BCUT2D eigenvalue weighted by molar-refractivity contribution is 5.76. The Kier molecular flexibility index (Phi) is 4.85. The van der Waals surface area contributed by atoms with Gasteiger partial charge < -0.3 is 4.74 Å². The lowest BCUT2D eigenvalue weighted by Gasteiger charge is -2.21. The van der Waals surface area contributed by atoms with Crippen LogP contribution in [0.4, 0.5) is 0 Å². The standard InChI is InChI=1S/C11H16N2O2/c1-2-9-15-11(14)10-5-3-7-13(10)8-4-6-12/h2,10H,1,3-5,7-9H2/t10-/m0/s1. The molecule has 1 fully saturated rings. The summed E-state index contributed by atoms with van der Waals surface area (Å²) in [6.45, 7) is 5.30. The molecule has 0 bridgehead atoms. The van der Waals surface area contributed by atoms with E-state index in [2.05, 4.69) is 12.6 Å². The van der Waals surface area contributed by atoms with Crippen molar-refractivity contribution in [1.29, 1.82) is 5.26 Å². The van der Waals surface area contributed by atoms with E-state index >= 15 is 0 Å². The lowest BCUT2D eigenvalue weighted by Crippen LogP contribution is -2.37. The molecule has 1 aliphatic rings. The molecule has 0 unspecified atom stereocenters. The summed E-state index contributed by atoms with van der Waals surface area (Å²) in [5.74, 6) is -0.190. The fourth-order valence-corrected chi connectivity index (χ4v) is 1.79. The Morgan fingerprint density at radius 2 is 2.53 bits per heavy atom. The molecule has 1 rings (SSSR count). The quantitative estimate of drug-likeness (QED) is 0.501. The number of nitriles is 1. The average Bonchev–Trinajstić information content (AvgIpc) is 2.71. The van der Waals surface area contributed by atoms with E-state index in [0.29, 0.717) is 13.0 Å². The van der Waals surface area contributed by atoms with E-state index in [1.54, 1.807) is 6.08 Å². The third-order valence-electron chi connectivity index (χ3n) is 2.49. The minimum Gasteiger partial charge on any atom is -0.460 e. The van der Waals surface area contributed by atoms with E-state index in [1.165, 1.54) is 0 Å². The van der Waals surface area contributed by atoms with Crippen LogP contribution in [-0.2, 0) is 9.53 Å². The number of esters is 1. The molecule has 1 heterocycles. The molecule has 0 radical (unpaired) electrons. The molecule has 4 nitrogen and oxygen atoms in total. The second kappa shape index (κ2) is 6.20. The number of rotatable bonds is 5. The van der Waals surface area contributed by atoms with Gasteiger partial charge in [0, 0.05) is 13.0 Å². The van der Waals surface area contributed by atoms with Gasteiger partial charge in [-0.05, 0) is 19.4 Å². The van der Waals surface area contributed by atoms with Crippen LogP contribution in [0.3, 0.4) is 0 Å². The van der Waals surface area contributed by atoms with Crippen molar-refractivity contribution in [2.45, 2.75) is 25.3 Å². The number of carbonyl (C=O) groups is 1. The minimum atomic E-state index is -0.190. The largest absolute Gasteiger partial charge is 0.460 e. The van der Waals surface area contributed by atoms with Crippen LogP contribution in [0.5, 0.6) is 0 Å². The van der Waals surface area contributed by atoms with Crippen LogP contribution in [-0.4, -0.2) is 36.6 Å². The van der Waals surface area contributed by atoms with Gasteiger partial charge in [-0.2, -0.15) is 5.26 Å². The Hall–Kier alpha value is -1.34. The number of ether oxygens (including phenoxy) is 1. The topological polar surface area (TPSA) is 53.3 Å². The summed E-state index contributed by atoms with van der Waals surface area (Å²) in [4.78, 5) is 13.6. The van der Waals surface area contributed by atoms with E-state index in [9.17, 15) is 4.79 Å². The molecule has 0 N–H and O–H groups in total. The summed E-state index contributed by atoms with van der Waals surface area (Å²) in [6, 6.07) is 1.93. The van der Waals surface area contributed by atoms with E-state index in [-0.39, 0.29) is 18.6 Å². The number of hydrogen-bond acceptors (Lipinski definition) is 4. The van der Waals surface area contributed by atoms with Gasteiger partial charge in [0.15, 0.2) is 0 Å². The number of nitrogens with zero attached hydrogens (tertiary/aromatic N) is 2. The van der Waals surface area contributed by atoms with E-state index in [0.717, 1.165) is 19.4 Å². The van der Waals surface area contributed by atoms with Crippen LogP contribution >= 0.6 is 0 Å². The average molecular weight is 208 g/mol. The van der Waals surface area contributed by atoms with Crippen molar-refractivity contribution in [2.24, 2.45) is 0 Å². The fourth-order valence-electron chi connectivity index (χ4n) is 1.79. The van der Waals surface area contributed by atoms with Gasteiger partial charge in [-0.3, -0.25) is 9.69 Å². The molecule has 0 aromatic heterocycles. The molecule has 0 aromatic rings. The van der Waals surface area contributed by atoms with Crippen molar-refractivity contribution in [2.75, 3.05) is 19.7 Å². The molecular weight excluding hydrogens is 192 g/mol. The maximum Gasteiger partial charge on any atom is 0.323 e. The number of hydrogen-bond donors (Lipinski definition) is 0. The first-order valence-electron chi connectivity index (χ1n) is 5.18. The fraction of sp³-hybridized carbons (Fsp3) is 0.636. The molecule has 0 amide bonds. The molecule has 1 saturated heterocycles. The normalized spacial score (nSPS) is 20.9. The van der Waals surface area contributed by atoms with Gasteiger partial charge in [-0.1, -0.05) is 12.7 Å². The predicted octanol–water partition coefficient (Wildman–Crippen LogP) is 1.09. The maximum absolute atomic E-state index is 11.6. The highest BCUT2D eigenvalue weighted by Crippen LogP contribution is 2.18. The molecule has 0 aliphatic carbocycles. The zero-order valence-electron chi connectivity index (χ0n) is 8.82. The van der Waals surface area contributed by atoms with Gasteiger partial charge in [0.2, 0.25) is 0 Å². The highest BCUT2D eigenvalue weighted by atomic mass is 16.5. The van der Waals surface area contributed by atoms with Crippen LogP contribution in [0.2, 0.25) is 0 Å². The van der Waals surface area contributed by atoms with Gasteiger partial charge >= 0.3 is 5.97 Å². The van der Waals surface area contributed by atoms with Crippen molar-refractivity contribution in [1.82, 2.24) is 4.90 Å². The Morgan fingerprint density at radius 1 is 1.73 bits per heavy atom. The second-order valence-electron chi connectivity index (χ2n) is 3.52. The van der Waals surface area contributed by atoms with Crippen LogP contribution < -0.4 is 0 Å². The van der Waals surface area contributed by atoms with E-state index in [4.69, 9.17) is 10.00 Å². The lowest BCUT2D eigenvalue weighted by atomic mass is 10.2. The van der Waals surface area contributed by atoms with Crippen molar-refractivity contribution in [3.05, 3.63) is 12.7 Å². The zero-order chi connectivity index (χ0) is 11.1. The Labute approximate surface area is 90.1 Å².